The molecule has 0 heterocycles. The van der Waals surface area contributed by atoms with Gasteiger partial charge in [-0.05, 0) is 37.1 Å². The zero-order valence-electron chi connectivity index (χ0n) is 19.4. The van der Waals surface area contributed by atoms with Crippen LogP contribution in [0.25, 0.3) is 10.8 Å². The van der Waals surface area contributed by atoms with Crippen molar-refractivity contribution in [2.24, 2.45) is 0 Å². The Morgan fingerprint density at radius 3 is 2.29 bits per heavy atom. The average molecular weight is 480 g/mol. The molecule has 0 bridgehead atoms. The van der Waals surface area contributed by atoms with E-state index in [2.05, 4.69) is 21.9 Å². The van der Waals surface area contributed by atoms with Crippen LogP contribution in [0.3, 0.4) is 0 Å². The van der Waals surface area contributed by atoms with E-state index in [4.69, 9.17) is 0 Å². The molecule has 0 aliphatic heterocycles. The van der Waals surface area contributed by atoms with Crippen molar-refractivity contribution < 1.29 is 18.0 Å². The summed E-state index contributed by atoms with van der Waals surface area (Å²) in [5.41, 5.74) is 2.18. The Kier molecular flexibility index (Phi) is 8.07. The van der Waals surface area contributed by atoms with Gasteiger partial charge in [-0.15, -0.1) is 0 Å². The molecule has 34 heavy (non-hydrogen) atoms. The predicted molar refractivity (Wildman–Crippen MR) is 135 cm³/mol. The summed E-state index contributed by atoms with van der Waals surface area (Å²) < 4.78 is 28.7. The molecule has 0 aliphatic carbocycles. The lowest BCUT2D eigenvalue weighted by Gasteiger charge is -2.15. The summed E-state index contributed by atoms with van der Waals surface area (Å²) >= 11 is 0. The highest BCUT2D eigenvalue weighted by atomic mass is 32.2. The summed E-state index contributed by atoms with van der Waals surface area (Å²) in [5, 5.41) is 6.71. The fourth-order valence-corrected chi connectivity index (χ4v) is 4.90. The Balaban J connectivity index is 1.81. The maximum atomic E-state index is 13.1. The Labute approximate surface area is 200 Å². The number of nitrogens with one attached hydrogen (secondary N) is 3. The zero-order valence-corrected chi connectivity index (χ0v) is 20.2. The fraction of sp³-hybridized carbons (Fsp3) is 0.231. The standard InChI is InChI=1S/C26H29N3O4S/c1-4-9-25(30)27-17-16-19(3)29-34(32,33)24-15-14-23(21-12-7-8-13-22(21)24)28-26(31)20-11-6-5-10-18(20)2/h5-8,10-15,29H,3-4,9,16-17H2,1-2H3,(H,27,30)(H,28,31). The van der Waals surface area contributed by atoms with Crippen LogP contribution in [0.15, 0.2) is 77.8 Å². The van der Waals surface area contributed by atoms with Crippen molar-refractivity contribution in [3.05, 3.63) is 84.1 Å². The minimum Gasteiger partial charge on any atom is -0.356 e. The van der Waals surface area contributed by atoms with Crippen molar-refractivity contribution in [3.63, 3.8) is 0 Å². The van der Waals surface area contributed by atoms with E-state index in [0.29, 0.717) is 35.0 Å². The van der Waals surface area contributed by atoms with Crippen LogP contribution in [0.2, 0.25) is 0 Å². The molecule has 0 saturated carbocycles. The van der Waals surface area contributed by atoms with E-state index in [9.17, 15) is 18.0 Å². The number of benzene rings is 3. The lowest BCUT2D eigenvalue weighted by atomic mass is 10.1. The summed E-state index contributed by atoms with van der Waals surface area (Å²) in [7, 11) is -3.93. The maximum Gasteiger partial charge on any atom is 0.262 e. The van der Waals surface area contributed by atoms with Crippen LogP contribution in [0.1, 0.15) is 42.1 Å². The van der Waals surface area contributed by atoms with Gasteiger partial charge in [0.15, 0.2) is 0 Å². The van der Waals surface area contributed by atoms with Crippen molar-refractivity contribution in [2.75, 3.05) is 11.9 Å². The number of fused-ring (bicyclic) bond motifs is 1. The topological polar surface area (TPSA) is 104 Å². The van der Waals surface area contributed by atoms with Crippen LogP contribution < -0.4 is 15.4 Å². The molecule has 0 radical (unpaired) electrons. The van der Waals surface area contributed by atoms with Gasteiger partial charge in [-0.1, -0.05) is 56.0 Å². The minimum atomic E-state index is -3.93. The highest BCUT2D eigenvalue weighted by Crippen LogP contribution is 2.30. The summed E-state index contributed by atoms with van der Waals surface area (Å²) in [4.78, 5) is 24.5. The second-order valence-electron chi connectivity index (χ2n) is 7.98. The van der Waals surface area contributed by atoms with Gasteiger partial charge in [0.2, 0.25) is 5.91 Å². The number of sulfonamides is 1. The van der Waals surface area contributed by atoms with Gasteiger partial charge < -0.3 is 10.6 Å². The zero-order chi connectivity index (χ0) is 24.7. The van der Waals surface area contributed by atoms with Crippen LogP contribution in [0.4, 0.5) is 5.69 Å². The van der Waals surface area contributed by atoms with Crippen molar-refractivity contribution >= 4 is 38.3 Å². The molecule has 0 aliphatic rings. The SMILES string of the molecule is C=C(CCNC(=O)CCC)NS(=O)(=O)c1ccc(NC(=O)c2ccccc2C)c2ccccc12. The van der Waals surface area contributed by atoms with Crippen molar-refractivity contribution in [1.82, 2.24) is 10.0 Å². The third-order valence-electron chi connectivity index (χ3n) is 5.32. The quantitative estimate of drug-likeness (QED) is 0.398. The van der Waals surface area contributed by atoms with Gasteiger partial charge in [0.05, 0.1) is 4.90 Å². The van der Waals surface area contributed by atoms with Crippen molar-refractivity contribution in [2.45, 2.75) is 38.0 Å². The van der Waals surface area contributed by atoms with Gasteiger partial charge in [-0.2, -0.15) is 0 Å². The number of anilines is 1. The molecule has 0 spiro atoms. The van der Waals surface area contributed by atoms with Gasteiger partial charge in [0.1, 0.15) is 0 Å². The van der Waals surface area contributed by atoms with E-state index in [1.807, 2.05) is 26.0 Å². The molecule has 0 atom stereocenters. The average Bonchev–Trinajstić information content (AvgIpc) is 2.79. The molecule has 0 unspecified atom stereocenters. The van der Waals surface area contributed by atoms with E-state index in [1.54, 1.807) is 42.5 Å². The first-order chi connectivity index (χ1) is 16.2. The Bertz CT molecular complexity index is 1330. The van der Waals surface area contributed by atoms with E-state index < -0.39 is 10.0 Å². The first kappa shape index (κ1) is 25.0. The van der Waals surface area contributed by atoms with Gasteiger partial charge in [0.25, 0.3) is 15.9 Å². The van der Waals surface area contributed by atoms with Crippen LogP contribution in [0, 0.1) is 6.92 Å². The molecular weight excluding hydrogens is 450 g/mol. The molecule has 3 rings (SSSR count). The molecule has 7 nitrogen and oxygen atoms in total. The Morgan fingerprint density at radius 2 is 1.59 bits per heavy atom. The molecule has 178 valence electrons. The molecular formula is C26H29N3O4S. The van der Waals surface area contributed by atoms with E-state index in [0.717, 1.165) is 12.0 Å². The van der Waals surface area contributed by atoms with Crippen LogP contribution in [-0.4, -0.2) is 26.8 Å². The van der Waals surface area contributed by atoms with Crippen molar-refractivity contribution in [1.29, 1.82) is 0 Å². The highest BCUT2D eigenvalue weighted by Gasteiger charge is 2.20. The molecule has 2 amide bonds. The molecule has 3 aromatic carbocycles. The molecule has 0 aromatic heterocycles. The molecule has 8 heteroatoms. The first-order valence-corrected chi connectivity index (χ1v) is 12.6. The second kappa shape index (κ2) is 11.0. The monoisotopic (exact) mass is 479 g/mol. The number of hydrogen-bond acceptors (Lipinski definition) is 4. The van der Waals surface area contributed by atoms with E-state index >= 15 is 0 Å². The normalized spacial score (nSPS) is 11.1. The number of carbonyl (C=O) groups excluding carboxylic acids is 2. The van der Waals surface area contributed by atoms with Gasteiger partial charge in [-0.3, -0.25) is 14.3 Å². The molecule has 3 aromatic rings. The Hall–Kier alpha value is -3.65. The van der Waals surface area contributed by atoms with Gasteiger partial charge in [-0.25, -0.2) is 8.42 Å². The number of carbonyl (C=O) groups is 2. The predicted octanol–water partition coefficient (Wildman–Crippen LogP) is 4.50. The Morgan fingerprint density at radius 1 is 0.912 bits per heavy atom. The first-order valence-electron chi connectivity index (χ1n) is 11.1. The smallest absolute Gasteiger partial charge is 0.262 e. The van der Waals surface area contributed by atoms with Crippen LogP contribution >= 0.6 is 0 Å². The summed E-state index contributed by atoms with van der Waals surface area (Å²) in [6.45, 7) is 7.86. The van der Waals surface area contributed by atoms with E-state index in [1.165, 1.54) is 6.07 Å². The third kappa shape index (κ3) is 6.02. The summed E-state index contributed by atoms with van der Waals surface area (Å²) in [5.74, 6) is -0.344. The maximum absolute atomic E-state index is 13.1. The third-order valence-corrected chi connectivity index (χ3v) is 6.81. The van der Waals surface area contributed by atoms with Gasteiger partial charge >= 0.3 is 0 Å². The highest BCUT2D eigenvalue weighted by molar-refractivity contribution is 7.89. The number of amides is 2. The van der Waals surface area contributed by atoms with Crippen LogP contribution in [0.5, 0.6) is 0 Å². The lowest BCUT2D eigenvalue weighted by Crippen LogP contribution is -2.28. The summed E-state index contributed by atoms with van der Waals surface area (Å²) in [6, 6.07) is 17.3. The molecule has 0 saturated heterocycles. The van der Waals surface area contributed by atoms with Gasteiger partial charge in [0, 0.05) is 47.1 Å². The fourth-order valence-electron chi connectivity index (χ4n) is 3.60. The van der Waals surface area contributed by atoms with E-state index in [-0.39, 0.29) is 28.8 Å². The van der Waals surface area contributed by atoms with Crippen molar-refractivity contribution in [3.8, 4) is 0 Å². The summed E-state index contributed by atoms with van der Waals surface area (Å²) in [6.07, 6.45) is 1.45. The molecule has 3 N–H and O–H groups in total. The minimum absolute atomic E-state index is 0.0764. The lowest BCUT2D eigenvalue weighted by molar-refractivity contribution is -0.121. The van der Waals surface area contributed by atoms with Crippen LogP contribution in [-0.2, 0) is 14.8 Å². The number of aryl methyl sites for hydroxylation is 1. The second-order valence-corrected chi connectivity index (χ2v) is 9.64. The largest absolute Gasteiger partial charge is 0.356 e. The number of rotatable bonds is 10. The molecule has 0 fully saturated rings. The number of hydrogen-bond donors (Lipinski definition) is 3.